The SMILES string of the molecule is NC(=O)CCC(NC(=O)CNC(=O)C(N)Cc1ccc(O)cc1)C(=O)O. The summed E-state index contributed by atoms with van der Waals surface area (Å²) in [5.41, 5.74) is 11.4. The molecule has 1 aromatic carbocycles. The van der Waals surface area contributed by atoms with Crippen LogP contribution in [0.25, 0.3) is 0 Å². The van der Waals surface area contributed by atoms with Crippen molar-refractivity contribution < 1.29 is 29.4 Å². The van der Waals surface area contributed by atoms with Crippen LogP contribution in [-0.2, 0) is 25.6 Å². The molecule has 0 aromatic heterocycles. The van der Waals surface area contributed by atoms with Gasteiger partial charge in [-0.05, 0) is 30.5 Å². The molecule has 0 heterocycles. The monoisotopic (exact) mass is 366 g/mol. The summed E-state index contributed by atoms with van der Waals surface area (Å²) in [5.74, 6) is -3.22. The van der Waals surface area contributed by atoms with Gasteiger partial charge in [0, 0.05) is 6.42 Å². The lowest BCUT2D eigenvalue weighted by molar-refractivity contribution is -0.142. The molecule has 0 aliphatic carbocycles. The van der Waals surface area contributed by atoms with Gasteiger partial charge >= 0.3 is 5.97 Å². The van der Waals surface area contributed by atoms with Crippen LogP contribution in [0.3, 0.4) is 0 Å². The quantitative estimate of drug-likeness (QED) is 0.282. The van der Waals surface area contributed by atoms with Crippen LogP contribution in [0.4, 0.5) is 0 Å². The van der Waals surface area contributed by atoms with E-state index in [0.717, 1.165) is 5.56 Å². The minimum absolute atomic E-state index is 0.0905. The summed E-state index contributed by atoms with van der Waals surface area (Å²) >= 11 is 0. The van der Waals surface area contributed by atoms with Crippen LogP contribution < -0.4 is 22.1 Å². The van der Waals surface area contributed by atoms with E-state index in [4.69, 9.17) is 16.6 Å². The van der Waals surface area contributed by atoms with Gasteiger partial charge in [0.2, 0.25) is 17.7 Å². The van der Waals surface area contributed by atoms with Crippen molar-refractivity contribution in [3.63, 3.8) is 0 Å². The van der Waals surface area contributed by atoms with E-state index in [1.165, 1.54) is 12.1 Å². The third kappa shape index (κ3) is 7.62. The number of carboxylic acid groups (broad SMARTS) is 1. The molecule has 1 aromatic rings. The average molecular weight is 366 g/mol. The zero-order chi connectivity index (χ0) is 19.7. The van der Waals surface area contributed by atoms with Gasteiger partial charge in [0.15, 0.2) is 0 Å². The van der Waals surface area contributed by atoms with E-state index in [1.807, 2.05) is 0 Å². The first-order valence-electron chi connectivity index (χ1n) is 7.80. The molecule has 0 aliphatic rings. The van der Waals surface area contributed by atoms with Crippen molar-refractivity contribution in [3.05, 3.63) is 29.8 Å². The highest BCUT2D eigenvalue weighted by Gasteiger charge is 2.21. The number of carboxylic acids is 1. The molecule has 3 amide bonds. The van der Waals surface area contributed by atoms with Gasteiger partial charge in [0.25, 0.3) is 0 Å². The zero-order valence-electron chi connectivity index (χ0n) is 14.0. The van der Waals surface area contributed by atoms with Gasteiger partial charge in [-0.3, -0.25) is 14.4 Å². The number of hydrogen-bond acceptors (Lipinski definition) is 6. The lowest BCUT2D eigenvalue weighted by atomic mass is 10.1. The number of carbonyl (C=O) groups excluding carboxylic acids is 3. The van der Waals surface area contributed by atoms with Crippen molar-refractivity contribution in [1.29, 1.82) is 0 Å². The number of phenols is 1. The first kappa shape index (κ1) is 20.9. The molecule has 1 rings (SSSR count). The second-order valence-corrected chi connectivity index (χ2v) is 5.66. The van der Waals surface area contributed by atoms with Crippen molar-refractivity contribution in [2.75, 3.05) is 6.54 Å². The van der Waals surface area contributed by atoms with E-state index >= 15 is 0 Å². The minimum Gasteiger partial charge on any atom is -0.508 e. The van der Waals surface area contributed by atoms with Crippen molar-refractivity contribution in [2.24, 2.45) is 11.5 Å². The summed E-state index contributed by atoms with van der Waals surface area (Å²) in [5, 5.41) is 22.7. The van der Waals surface area contributed by atoms with E-state index in [1.54, 1.807) is 12.1 Å². The summed E-state index contributed by atoms with van der Waals surface area (Å²) in [6, 6.07) is 3.96. The summed E-state index contributed by atoms with van der Waals surface area (Å²) in [6.07, 6.45) is -0.143. The predicted octanol–water partition coefficient (Wildman–Crippen LogP) is -1.79. The highest BCUT2D eigenvalue weighted by molar-refractivity contribution is 5.89. The Balaban J connectivity index is 2.44. The molecular formula is C16H22N4O6. The Morgan fingerprint density at radius 3 is 2.27 bits per heavy atom. The Labute approximate surface area is 149 Å². The molecule has 26 heavy (non-hydrogen) atoms. The first-order chi connectivity index (χ1) is 12.2. The number of nitrogens with one attached hydrogen (secondary N) is 2. The van der Waals surface area contributed by atoms with E-state index < -0.39 is 42.3 Å². The fourth-order valence-electron chi connectivity index (χ4n) is 2.07. The minimum atomic E-state index is -1.31. The van der Waals surface area contributed by atoms with Crippen molar-refractivity contribution in [3.8, 4) is 5.75 Å². The van der Waals surface area contributed by atoms with Gasteiger partial charge in [-0.25, -0.2) is 4.79 Å². The van der Waals surface area contributed by atoms with Crippen LogP contribution in [0.15, 0.2) is 24.3 Å². The molecule has 0 spiro atoms. The highest BCUT2D eigenvalue weighted by atomic mass is 16.4. The Morgan fingerprint density at radius 2 is 1.73 bits per heavy atom. The lowest BCUT2D eigenvalue weighted by Gasteiger charge is -2.15. The number of aliphatic carboxylic acids is 1. The third-order valence-corrected chi connectivity index (χ3v) is 3.46. The van der Waals surface area contributed by atoms with Gasteiger partial charge < -0.3 is 32.3 Å². The summed E-state index contributed by atoms with van der Waals surface area (Å²) in [4.78, 5) is 45.4. The van der Waals surface area contributed by atoms with Crippen LogP contribution >= 0.6 is 0 Å². The van der Waals surface area contributed by atoms with Crippen LogP contribution in [0.2, 0.25) is 0 Å². The van der Waals surface area contributed by atoms with Gasteiger partial charge in [-0.1, -0.05) is 12.1 Å². The molecule has 8 N–H and O–H groups in total. The number of rotatable bonds is 10. The van der Waals surface area contributed by atoms with Crippen molar-refractivity contribution in [1.82, 2.24) is 10.6 Å². The Morgan fingerprint density at radius 1 is 1.12 bits per heavy atom. The van der Waals surface area contributed by atoms with E-state index in [2.05, 4.69) is 10.6 Å². The number of phenolic OH excluding ortho intramolecular Hbond substituents is 1. The molecule has 0 saturated heterocycles. The summed E-state index contributed by atoms with van der Waals surface area (Å²) in [7, 11) is 0. The number of carbonyl (C=O) groups is 4. The topological polar surface area (TPSA) is 185 Å². The summed E-state index contributed by atoms with van der Waals surface area (Å²) < 4.78 is 0. The molecule has 0 fully saturated rings. The maximum atomic E-state index is 11.9. The normalized spacial score (nSPS) is 12.7. The fraction of sp³-hybridized carbons (Fsp3) is 0.375. The number of hydrogen-bond donors (Lipinski definition) is 6. The van der Waals surface area contributed by atoms with Gasteiger partial charge in [-0.2, -0.15) is 0 Å². The zero-order valence-corrected chi connectivity index (χ0v) is 14.0. The third-order valence-electron chi connectivity index (χ3n) is 3.46. The van der Waals surface area contributed by atoms with Crippen LogP contribution in [0.5, 0.6) is 5.75 Å². The lowest BCUT2D eigenvalue weighted by Crippen LogP contribution is -2.49. The molecule has 2 atom stereocenters. The Kier molecular flexibility index (Phi) is 8.03. The Hall–Kier alpha value is -3.14. The molecule has 142 valence electrons. The standard InChI is InChI=1S/C16H22N4O6/c17-11(7-9-1-3-10(21)4-2-9)15(24)19-8-14(23)20-12(16(25)26)5-6-13(18)22/h1-4,11-12,21H,5-8,17H2,(H2,18,22)(H,19,24)(H,20,23)(H,25,26). The van der Waals surface area contributed by atoms with Crippen molar-refractivity contribution >= 4 is 23.7 Å². The van der Waals surface area contributed by atoms with Gasteiger partial charge in [-0.15, -0.1) is 0 Å². The molecule has 0 saturated carbocycles. The first-order valence-corrected chi connectivity index (χ1v) is 7.80. The maximum Gasteiger partial charge on any atom is 0.326 e. The largest absolute Gasteiger partial charge is 0.508 e. The van der Waals surface area contributed by atoms with Crippen LogP contribution in [0, 0.1) is 0 Å². The summed E-state index contributed by atoms with van der Waals surface area (Å²) in [6.45, 7) is -0.456. The average Bonchev–Trinajstić information content (AvgIpc) is 2.57. The second-order valence-electron chi connectivity index (χ2n) is 5.66. The Bertz CT molecular complexity index is 661. The molecule has 10 heteroatoms. The van der Waals surface area contributed by atoms with Crippen LogP contribution in [0.1, 0.15) is 18.4 Å². The van der Waals surface area contributed by atoms with Crippen LogP contribution in [-0.4, -0.2) is 52.5 Å². The van der Waals surface area contributed by atoms with Gasteiger partial charge in [0.1, 0.15) is 11.8 Å². The number of nitrogens with two attached hydrogens (primary N) is 2. The predicted molar refractivity (Wildman–Crippen MR) is 90.8 cm³/mol. The fourth-order valence-corrected chi connectivity index (χ4v) is 2.07. The molecular weight excluding hydrogens is 344 g/mol. The van der Waals surface area contributed by atoms with E-state index in [9.17, 15) is 24.3 Å². The van der Waals surface area contributed by atoms with Gasteiger partial charge in [0.05, 0.1) is 12.6 Å². The number of benzene rings is 1. The van der Waals surface area contributed by atoms with Crippen molar-refractivity contribution in [2.45, 2.75) is 31.3 Å². The number of amides is 3. The van der Waals surface area contributed by atoms with E-state index in [0.29, 0.717) is 0 Å². The molecule has 10 nitrogen and oxygen atoms in total. The smallest absolute Gasteiger partial charge is 0.326 e. The molecule has 0 aliphatic heterocycles. The number of aromatic hydroxyl groups is 1. The molecule has 2 unspecified atom stereocenters. The maximum absolute atomic E-state index is 11.9. The van der Waals surface area contributed by atoms with E-state index in [-0.39, 0.29) is 25.0 Å². The molecule has 0 radical (unpaired) electrons. The highest BCUT2D eigenvalue weighted by Crippen LogP contribution is 2.10. The second kappa shape index (κ2) is 9.99. The number of primary amides is 1. The molecule has 0 bridgehead atoms.